The molecule has 2 amide bonds. The summed E-state index contributed by atoms with van der Waals surface area (Å²) in [6.45, 7) is 5.37. The molecule has 2 aromatic rings. The third-order valence-electron chi connectivity index (χ3n) is 6.95. The Bertz CT molecular complexity index is 1250. The Hall–Kier alpha value is -2.29. The van der Waals surface area contributed by atoms with E-state index in [1.165, 1.54) is 4.90 Å². The molecule has 1 aliphatic rings. The number of hydrogen-bond acceptors (Lipinski definition) is 4. The fourth-order valence-electron chi connectivity index (χ4n) is 4.92. The highest BCUT2D eigenvalue weighted by molar-refractivity contribution is 7.92. The van der Waals surface area contributed by atoms with Crippen LogP contribution in [0, 0.1) is 0 Å². The number of hydrogen-bond donors (Lipinski definition) is 1. The molecule has 7 nitrogen and oxygen atoms in total. The highest BCUT2D eigenvalue weighted by atomic mass is 35.5. The molecule has 0 saturated heterocycles. The summed E-state index contributed by atoms with van der Waals surface area (Å²) in [5, 5.41) is 3.92. The second-order valence-corrected chi connectivity index (χ2v) is 12.9. The summed E-state index contributed by atoms with van der Waals surface area (Å²) in [4.78, 5) is 28.8. The molecule has 1 saturated carbocycles. The Kier molecular flexibility index (Phi) is 10.5. The Morgan fingerprint density at radius 3 is 2.32 bits per heavy atom. The Morgan fingerprint density at radius 1 is 1.08 bits per heavy atom. The van der Waals surface area contributed by atoms with E-state index in [1.807, 2.05) is 32.9 Å². The molecule has 0 heterocycles. The van der Waals surface area contributed by atoms with Gasteiger partial charge in [0.05, 0.1) is 11.9 Å². The number of carbonyl (C=O) groups is 2. The highest BCUT2D eigenvalue weighted by Gasteiger charge is 2.34. The number of nitrogens with one attached hydrogen (secondary N) is 1. The summed E-state index contributed by atoms with van der Waals surface area (Å²) in [5.41, 5.74) is 1.88. The van der Waals surface area contributed by atoms with E-state index in [2.05, 4.69) is 5.32 Å². The zero-order valence-electron chi connectivity index (χ0n) is 22.4. The number of sulfonamides is 1. The van der Waals surface area contributed by atoms with E-state index in [1.54, 1.807) is 30.3 Å². The van der Waals surface area contributed by atoms with Gasteiger partial charge in [-0.25, -0.2) is 8.42 Å². The second-order valence-electron chi connectivity index (χ2n) is 10.2. The summed E-state index contributed by atoms with van der Waals surface area (Å²) in [7, 11) is -3.82. The summed E-state index contributed by atoms with van der Waals surface area (Å²) >= 11 is 12.5. The molecule has 208 valence electrons. The van der Waals surface area contributed by atoms with Gasteiger partial charge in [-0.15, -0.1) is 0 Å². The fraction of sp³-hybridized carbons (Fsp3) is 0.500. The largest absolute Gasteiger partial charge is 0.352 e. The molecule has 1 atom stereocenters. The molecule has 0 aliphatic heterocycles. The maximum atomic E-state index is 14.0. The number of carbonyl (C=O) groups excluding carboxylic acids is 2. The van der Waals surface area contributed by atoms with Gasteiger partial charge in [-0.05, 0) is 54.5 Å². The first-order valence-corrected chi connectivity index (χ1v) is 15.6. The molecule has 0 unspecified atom stereocenters. The summed E-state index contributed by atoms with van der Waals surface area (Å²) in [6.07, 6.45) is 5.38. The molecule has 1 fully saturated rings. The SMILES string of the molecule is CC[C@@H](C(=O)NC1CCCC1)N(Cc1ccc(Cl)cc1Cl)C(=O)CN(c1ccccc1C(C)C)S(C)(=O)=O. The monoisotopic (exact) mass is 581 g/mol. The van der Waals surface area contributed by atoms with Crippen molar-refractivity contribution >= 4 is 50.7 Å². The number of nitrogens with zero attached hydrogens (tertiary/aromatic N) is 2. The van der Waals surface area contributed by atoms with Crippen molar-refractivity contribution in [3.63, 3.8) is 0 Å². The maximum absolute atomic E-state index is 14.0. The van der Waals surface area contributed by atoms with Gasteiger partial charge in [-0.3, -0.25) is 13.9 Å². The maximum Gasteiger partial charge on any atom is 0.244 e. The molecule has 1 N–H and O–H groups in total. The van der Waals surface area contributed by atoms with Crippen LogP contribution in [0.25, 0.3) is 0 Å². The van der Waals surface area contributed by atoms with Gasteiger partial charge >= 0.3 is 0 Å². The van der Waals surface area contributed by atoms with E-state index in [9.17, 15) is 18.0 Å². The van der Waals surface area contributed by atoms with Crippen LogP contribution in [0.3, 0.4) is 0 Å². The molecule has 3 rings (SSSR count). The zero-order chi connectivity index (χ0) is 28.0. The summed E-state index contributed by atoms with van der Waals surface area (Å²) in [5.74, 6) is -0.699. The van der Waals surface area contributed by atoms with Gasteiger partial charge in [0.1, 0.15) is 12.6 Å². The summed E-state index contributed by atoms with van der Waals surface area (Å²) in [6, 6.07) is 11.4. The van der Waals surface area contributed by atoms with Crippen molar-refractivity contribution in [1.82, 2.24) is 10.2 Å². The Balaban J connectivity index is 1.99. The van der Waals surface area contributed by atoms with Crippen LogP contribution in [0.2, 0.25) is 10.0 Å². The van der Waals surface area contributed by atoms with E-state index in [0.29, 0.717) is 27.7 Å². The molecule has 38 heavy (non-hydrogen) atoms. The van der Waals surface area contributed by atoms with Crippen LogP contribution in [-0.4, -0.2) is 50.0 Å². The second kappa shape index (κ2) is 13.2. The van der Waals surface area contributed by atoms with Crippen molar-refractivity contribution in [2.24, 2.45) is 0 Å². The van der Waals surface area contributed by atoms with Crippen LogP contribution in [0.15, 0.2) is 42.5 Å². The van der Waals surface area contributed by atoms with Crippen molar-refractivity contribution in [2.45, 2.75) is 77.4 Å². The first-order valence-electron chi connectivity index (χ1n) is 13.0. The average Bonchev–Trinajstić information content (AvgIpc) is 3.35. The average molecular weight is 583 g/mol. The van der Waals surface area contributed by atoms with Gasteiger partial charge in [-0.1, -0.05) is 81.1 Å². The lowest BCUT2D eigenvalue weighted by molar-refractivity contribution is -0.140. The predicted octanol–water partition coefficient (Wildman–Crippen LogP) is 5.75. The predicted molar refractivity (Wildman–Crippen MR) is 154 cm³/mol. The van der Waals surface area contributed by atoms with Crippen molar-refractivity contribution in [2.75, 3.05) is 17.1 Å². The minimum absolute atomic E-state index is 0.0366. The molecule has 0 bridgehead atoms. The third-order valence-corrected chi connectivity index (χ3v) is 8.66. The van der Waals surface area contributed by atoms with Crippen LogP contribution in [0.1, 0.15) is 69.9 Å². The van der Waals surface area contributed by atoms with E-state index in [-0.39, 0.29) is 24.4 Å². The van der Waals surface area contributed by atoms with Crippen molar-refractivity contribution < 1.29 is 18.0 Å². The molecule has 0 radical (unpaired) electrons. The van der Waals surface area contributed by atoms with Crippen LogP contribution in [-0.2, 0) is 26.2 Å². The van der Waals surface area contributed by atoms with Gasteiger partial charge in [0, 0.05) is 22.6 Å². The third kappa shape index (κ3) is 7.64. The lowest BCUT2D eigenvalue weighted by atomic mass is 10.0. The topological polar surface area (TPSA) is 86.8 Å². The van der Waals surface area contributed by atoms with Gasteiger partial charge in [0.2, 0.25) is 21.8 Å². The number of anilines is 1. The van der Waals surface area contributed by atoms with E-state index >= 15 is 0 Å². The number of halogens is 2. The first-order chi connectivity index (χ1) is 17.9. The van der Waals surface area contributed by atoms with Gasteiger partial charge in [0.15, 0.2) is 0 Å². The van der Waals surface area contributed by atoms with Gasteiger partial charge in [0.25, 0.3) is 0 Å². The van der Waals surface area contributed by atoms with Crippen LogP contribution in [0.4, 0.5) is 5.69 Å². The van der Waals surface area contributed by atoms with E-state index < -0.39 is 28.5 Å². The highest BCUT2D eigenvalue weighted by Crippen LogP contribution is 2.30. The molecule has 2 aromatic carbocycles. The molecule has 1 aliphatic carbocycles. The molecular weight excluding hydrogens is 545 g/mol. The first kappa shape index (κ1) is 30.3. The van der Waals surface area contributed by atoms with Gasteiger partial charge < -0.3 is 10.2 Å². The van der Waals surface area contributed by atoms with E-state index in [4.69, 9.17) is 23.2 Å². The van der Waals surface area contributed by atoms with Crippen LogP contribution in [0.5, 0.6) is 0 Å². The standard InChI is InChI=1S/C28H37Cl2N3O4S/c1-5-25(28(35)31-22-10-6-7-11-22)32(17-20-14-15-21(29)16-24(20)30)27(34)18-33(38(4,36)37)26-13-9-8-12-23(26)19(2)3/h8-9,12-16,19,22,25H,5-7,10-11,17-18H2,1-4H3,(H,31,35)/t25-/m0/s1. The number of rotatable bonds is 11. The lowest BCUT2D eigenvalue weighted by Crippen LogP contribution is -2.53. The van der Waals surface area contributed by atoms with Crippen molar-refractivity contribution in [3.8, 4) is 0 Å². The Labute approximate surface area is 236 Å². The molecule has 0 spiro atoms. The van der Waals surface area contributed by atoms with Gasteiger partial charge in [-0.2, -0.15) is 0 Å². The smallest absolute Gasteiger partial charge is 0.244 e. The molecule has 0 aromatic heterocycles. The van der Waals surface area contributed by atoms with Crippen molar-refractivity contribution in [1.29, 1.82) is 0 Å². The number of para-hydroxylation sites is 1. The Morgan fingerprint density at radius 2 is 1.74 bits per heavy atom. The summed E-state index contributed by atoms with van der Waals surface area (Å²) < 4.78 is 27.0. The quantitative estimate of drug-likeness (QED) is 0.366. The minimum atomic E-state index is -3.82. The van der Waals surface area contributed by atoms with Crippen molar-refractivity contribution in [3.05, 3.63) is 63.6 Å². The number of benzene rings is 2. The molecular formula is C28H37Cl2N3O4S. The zero-order valence-corrected chi connectivity index (χ0v) is 24.7. The van der Waals surface area contributed by atoms with Crippen LogP contribution < -0.4 is 9.62 Å². The molecule has 10 heteroatoms. The lowest BCUT2D eigenvalue weighted by Gasteiger charge is -2.34. The van der Waals surface area contributed by atoms with Crippen LogP contribution >= 0.6 is 23.2 Å². The number of amides is 2. The normalized spacial score (nSPS) is 14.9. The minimum Gasteiger partial charge on any atom is -0.352 e. The fourth-order valence-corrected chi connectivity index (χ4v) is 6.25. The van der Waals surface area contributed by atoms with E-state index in [0.717, 1.165) is 41.8 Å².